The third kappa shape index (κ3) is 3.70. The van der Waals surface area contributed by atoms with E-state index >= 15 is 0 Å². The minimum atomic E-state index is -0.292. The Balaban J connectivity index is 1.81. The topological polar surface area (TPSA) is 105 Å². The number of anilines is 2. The smallest absolute Gasteiger partial charge is 0.247 e. The number of hydrogen-bond acceptors (Lipinski definition) is 6. The standard InChI is InChI=1S/C22H20N6O2/c1-4-21(29)28-15-5-13(6-16(8-15)30-3)14-7-17-18(11-25-22(17)24-10-14)19-9-20(23-2)27-12-26-19/h4-12H,1H2,2-3H3,(H,24,25)(H,28,29)(H,23,26,27). The van der Waals surface area contributed by atoms with Gasteiger partial charge in [0.05, 0.1) is 12.8 Å². The first-order valence-electron chi connectivity index (χ1n) is 9.21. The van der Waals surface area contributed by atoms with Gasteiger partial charge in [-0.25, -0.2) is 15.0 Å². The number of carbonyl (C=O) groups is 1. The van der Waals surface area contributed by atoms with Gasteiger partial charge in [-0.2, -0.15) is 0 Å². The summed E-state index contributed by atoms with van der Waals surface area (Å²) < 4.78 is 5.40. The van der Waals surface area contributed by atoms with Gasteiger partial charge in [0.15, 0.2) is 0 Å². The van der Waals surface area contributed by atoms with Crippen molar-refractivity contribution in [1.82, 2.24) is 19.9 Å². The van der Waals surface area contributed by atoms with Crippen molar-refractivity contribution in [1.29, 1.82) is 0 Å². The normalized spacial score (nSPS) is 10.6. The highest BCUT2D eigenvalue weighted by Crippen LogP contribution is 2.33. The van der Waals surface area contributed by atoms with Crippen LogP contribution in [0, 0.1) is 0 Å². The Morgan fingerprint density at radius 2 is 2.00 bits per heavy atom. The van der Waals surface area contributed by atoms with Crippen molar-refractivity contribution in [2.75, 3.05) is 24.8 Å². The van der Waals surface area contributed by atoms with Crippen LogP contribution < -0.4 is 15.4 Å². The molecule has 0 aliphatic carbocycles. The number of benzene rings is 1. The van der Waals surface area contributed by atoms with Crippen molar-refractivity contribution in [2.24, 2.45) is 0 Å². The number of rotatable bonds is 6. The molecule has 4 rings (SSSR count). The van der Waals surface area contributed by atoms with Gasteiger partial charge in [0.2, 0.25) is 5.91 Å². The fourth-order valence-corrected chi connectivity index (χ4v) is 3.16. The number of ether oxygens (including phenoxy) is 1. The highest BCUT2D eigenvalue weighted by molar-refractivity contribution is 6.00. The summed E-state index contributed by atoms with van der Waals surface area (Å²) in [5.41, 5.74) is 4.79. The second-order valence-corrected chi connectivity index (χ2v) is 6.50. The highest BCUT2D eigenvalue weighted by atomic mass is 16.5. The molecule has 150 valence electrons. The number of aromatic nitrogens is 4. The lowest BCUT2D eigenvalue weighted by molar-refractivity contribution is -0.111. The summed E-state index contributed by atoms with van der Waals surface area (Å²) in [6, 6.07) is 9.41. The molecule has 0 fully saturated rings. The van der Waals surface area contributed by atoms with E-state index in [0.717, 1.165) is 39.2 Å². The van der Waals surface area contributed by atoms with Crippen molar-refractivity contribution < 1.29 is 9.53 Å². The van der Waals surface area contributed by atoms with Gasteiger partial charge in [-0.05, 0) is 29.8 Å². The number of H-pyrrole nitrogens is 1. The van der Waals surface area contributed by atoms with Crippen molar-refractivity contribution >= 4 is 28.4 Å². The fourth-order valence-electron chi connectivity index (χ4n) is 3.16. The number of carbonyl (C=O) groups excluding carboxylic acids is 1. The quantitative estimate of drug-likeness (QED) is 0.425. The average molecular weight is 400 g/mol. The largest absolute Gasteiger partial charge is 0.497 e. The van der Waals surface area contributed by atoms with Crippen LogP contribution in [0.3, 0.4) is 0 Å². The van der Waals surface area contributed by atoms with Crippen LogP contribution in [0.5, 0.6) is 5.75 Å². The van der Waals surface area contributed by atoms with Crippen LogP contribution in [0.4, 0.5) is 11.5 Å². The Bertz CT molecular complexity index is 1250. The van der Waals surface area contributed by atoms with Crippen LogP contribution in [0.15, 0.2) is 61.7 Å². The maximum absolute atomic E-state index is 11.7. The summed E-state index contributed by atoms with van der Waals surface area (Å²) in [7, 11) is 3.39. The molecule has 3 heterocycles. The minimum Gasteiger partial charge on any atom is -0.497 e. The van der Waals surface area contributed by atoms with E-state index < -0.39 is 0 Å². The first-order valence-corrected chi connectivity index (χ1v) is 9.21. The Hall–Kier alpha value is -4.20. The lowest BCUT2D eigenvalue weighted by Crippen LogP contribution is -2.07. The average Bonchev–Trinajstić information content (AvgIpc) is 3.22. The Morgan fingerprint density at radius 3 is 2.77 bits per heavy atom. The molecule has 0 aliphatic rings. The van der Waals surface area contributed by atoms with E-state index in [1.54, 1.807) is 19.4 Å². The molecule has 4 aromatic rings. The van der Waals surface area contributed by atoms with E-state index in [1.165, 1.54) is 12.4 Å². The zero-order chi connectivity index (χ0) is 21.1. The van der Waals surface area contributed by atoms with Crippen molar-refractivity contribution in [3.63, 3.8) is 0 Å². The third-order valence-electron chi connectivity index (χ3n) is 4.66. The number of aromatic amines is 1. The van der Waals surface area contributed by atoms with Crippen LogP contribution in [0.1, 0.15) is 0 Å². The summed E-state index contributed by atoms with van der Waals surface area (Å²) in [6.07, 6.45) is 6.40. The van der Waals surface area contributed by atoms with Crippen LogP contribution in [-0.2, 0) is 4.79 Å². The monoisotopic (exact) mass is 400 g/mol. The molecule has 8 heteroatoms. The molecule has 1 amide bonds. The van der Waals surface area contributed by atoms with E-state index in [1.807, 2.05) is 37.5 Å². The maximum Gasteiger partial charge on any atom is 0.247 e. The number of pyridine rings is 1. The van der Waals surface area contributed by atoms with Gasteiger partial charge in [-0.15, -0.1) is 0 Å². The van der Waals surface area contributed by atoms with Crippen molar-refractivity contribution in [3.8, 4) is 28.1 Å². The molecule has 0 bridgehead atoms. The van der Waals surface area contributed by atoms with E-state index in [-0.39, 0.29) is 5.91 Å². The predicted molar refractivity (Wildman–Crippen MR) is 117 cm³/mol. The molecule has 8 nitrogen and oxygen atoms in total. The number of nitrogens with one attached hydrogen (secondary N) is 3. The van der Waals surface area contributed by atoms with Gasteiger partial charge < -0.3 is 20.4 Å². The molecule has 3 N–H and O–H groups in total. The molecular formula is C22H20N6O2. The Kier molecular flexibility index (Phi) is 5.13. The van der Waals surface area contributed by atoms with Gasteiger partial charge >= 0.3 is 0 Å². The second-order valence-electron chi connectivity index (χ2n) is 6.50. The van der Waals surface area contributed by atoms with Crippen LogP contribution in [0.2, 0.25) is 0 Å². The van der Waals surface area contributed by atoms with Gasteiger partial charge in [0.1, 0.15) is 23.5 Å². The number of hydrogen-bond donors (Lipinski definition) is 3. The summed E-state index contributed by atoms with van der Waals surface area (Å²) in [5, 5.41) is 6.72. The zero-order valence-corrected chi connectivity index (χ0v) is 16.6. The van der Waals surface area contributed by atoms with Crippen molar-refractivity contribution in [3.05, 3.63) is 61.7 Å². The molecule has 0 radical (unpaired) electrons. The third-order valence-corrected chi connectivity index (χ3v) is 4.66. The number of nitrogens with zero attached hydrogens (tertiary/aromatic N) is 3. The first kappa shape index (κ1) is 19.1. The number of amides is 1. The van der Waals surface area contributed by atoms with E-state index in [4.69, 9.17) is 4.74 Å². The van der Waals surface area contributed by atoms with Gasteiger partial charge in [0.25, 0.3) is 0 Å². The molecule has 3 aromatic heterocycles. The predicted octanol–water partition coefficient (Wildman–Crippen LogP) is 3.86. The number of methoxy groups -OCH3 is 1. The molecule has 30 heavy (non-hydrogen) atoms. The molecule has 0 unspecified atom stereocenters. The van der Waals surface area contributed by atoms with E-state index in [0.29, 0.717) is 11.4 Å². The highest BCUT2D eigenvalue weighted by Gasteiger charge is 2.12. The maximum atomic E-state index is 11.7. The lowest BCUT2D eigenvalue weighted by Gasteiger charge is -2.10. The van der Waals surface area contributed by atoms with Crippen molar-refractivity contribution in [2.45, 2.75) is 0 Å². The SMILES string of the molecule is C=CC(=O)Nc1cc(OC)cc(-c2cnc3[nH]cc(-c4cc(NC)ncn4)c3c2)c1. The molecule has 0 spiro atoms. The molecule has 1 aromatic carbocycles. The summed E-state index contributed by atoms with van der Waals surface area (Å²) >= 11 is 0. The van der Waals surface area contributed by atoms with Crippen LogP contribution in [-0.4, -0.2) is 40.0 Å². The minimum absolute atomic E-state index is 0.292. The van der Waals surface area contributed by atoms with Gasteiger partial charge in [-0.3, -0.25) is 4.79 Å². The molecule has 0 atom stereocenters. The molecule has 0 saturated carbocycles. The Labute approximate surface area is 173 Å². The summed E-state index contributed by atoms with van der Waals surface area (Å²) in [5.74, 6) is 1.06. The molecule has 0 saturated heterocycles. The van der Waals surface area contributed by atoms with Crippen LogP contribution in [0.25, 0.3) is 33.4 Å². The van der Waals surface area contributed by atoms with E-state index in [9.17, 15) is 4.79 Å². The van der Waals surface area contributed by atoms with Gasteiger partial charge in [-0.1, -0.05) is 6.58 Å². The van der Waals surface area contributed by atoms with Crippen LogP contribution >= 0.6 is 0 Å². The zero-order valence-electron chi connectivity index (χ0n) is 16.6. The fraction of sp³-hybridized carbons (Fsp3) is 0.0909. The molecular weight excluding hydrogens is 380 g/mol. The Morgan fingerprint density at radius 1 is 1.13 bits per heavy atom. The number of fused-ring (bicyclic) bond motifs is 1. The van der Waals surface area contributed by atoms with E-state index in [2.05, 4.69) is 37.1 Å². The lowest BCUT2D eigenvalue weighted by atomic mass is 10.0. The summed E-state index contributed by atoms with van der Waals surface area (Å²) in [6.45, 7) is 3.49. The second kappa shape index (κ2) is 8.04. The van der Waals surface area contributed by atoms with Gasteiger partial charge in [0, 0.05) is 53.8 Å². The first-order chi connectivity index (χ1) is 14.6. The summed E-state index contributed by atoms with van der Waals surface area (Å²) in [4.78, 5) is 28.0. The molecule has 0 aliphatic heterocycles.